The van der Waals surface area contributed by atoms with Crippen LogP contribution in [0.1, 0.15) is 33.1 Å². The quantitative estimate of drug-likeness (QED) is 0.787. The number of carbonyl (C=O) groups is 1. The van der Waals surface area contributed by atoms with Gasteiger partial charge in [0.05, 0.1) is 5.69 Å². The largest absolute Gasteiger partial charge is 0.330 e. The molecule has 1 aromatic rings. The van der Waals surface area contributed by atoms with Crippen molar-refractivity contribution < 1.29 is 9.18 Å². The van der Waals surface area contributed by atoms with E-state index in [9.17, 15) is 9.18 Å². The standard InChI is InChI=1S/C15H22BrFN2O/c1-10(2)11(7-8-18)3-6-15(20)19-14-5-4-12(17)9-13(14)16/h4-5,9-11H,3,6-8,18H2,1-2H3,(H,19,20). The summed E-state index contributed by atoms with van der Waals surface area (Å²) in [7, 11) is 0. The van der Waals surface area contributed by atoms with Gasteiger partial charge in [0.1, 0.15) is 5.82 Å². The molecule has 0 bridgehead atoms. The van der Waals surface area contributed by atoms with Gasteiger partial charge in [0.25, 0.3) is 0 Å². The van der Waals surface area contributed by atoms with Crippen molar-refractivity contribution in [2.75, 3.05) is 11.9 Å². The van der Waals surface area contributed by atoms with Crippen LogP contribution >= 0.6 is 15.9 Å². The number of halogens is 2. The molecule has 0 radical (unpaired) electrons. The number of nitrogens with two attached hydrogens (primary N) is 1. The Morgan fingerprint density at radius 1 is 1.40 bits per heavy atom. The lowest BCUT2D eigenvalue weighted by atomic mass is 9.88. The maximum absolute atomic E-state index is 13.0. The lowest BCUT2D eigenvalue weighted by Crippen LogP contribution is -2.18. The van der Waals surface area contributed by atoms with Crippen molar-refractivity contribution in [2.24, 2.45) is 17.6 Å². The molecule has 0 aliphatic rings. The van der Waals surface area contributed by atoms with Gasteiger partial charge < -0.3 is 11.1 Å². The van der Waals surface area contributed by atoms with Crippen LogP contribution < -0.4 is 11.1 Å². The van der Waals surface area contributed by atoms with Gasteiger partial charge in [-0.3, -0.25) is 4.79 Å². The zero-order valence-electron chi connectivity index (χ0n) is 12.0. The fraction of sp³-hybridized carbons (Fsp3) is 0.533. The van der Waals surface area contributed by atoms with Gasteiger partial charge in [-0.2, -0.15) is 0 Å². The number of rotatable bonds is 7. The second-order valence-corrected chi connectivity index (χ2v) is 6.15. The summed E-state index contributed by atoms with van der Waals surface area (Å²) in [5.41, 5.74) is 6.18. The highest BCUT2D eigenvalue weighted by Crippen LogP contribution is 2.24. The van der Waals surface area contributed by atoms with Gasteiger partial charge in [-0.05, 0) is 65.4 Å². The van der Waals surface area contributed by atoms with Gasteiger partial charge in [-0.25, -0.2) is 4.39 Å². The Hall–Kier alpha value is -0.940. The van der Waals surface area contributed by atoms with Crippen LogP contribution in [0.3, 0.4) is 0 Å². The molecule has 1 aromatic carbocycles. The van der Waals surface area contributed by atoms with Crippen molar-refractivity contribution in [1.82, 2.24) is 0 Å². The van der Waals surface area contributed by atoms with E-state index in [1.807, 2.05) is 0 Å². The Balaban J connectivity index is 2.51. The van der Waals surface area contributed by atoms with Crippen LogP contribution in [0.25, 0.3) is 0 Å². The maximum Gasteiger partial charge on any atom is 0.224 e. The van der Waals surface area contributed by atoms with E-state index in [1.165, 1.54) is 12.1 Å². The average Bonchev–Trinajstić information content (AvgIpc) is 2.37. The topological polar surface area (TPSA) is 55.1 Å². The van der Waals surface area contributed by atoms with E-state index < -0.39 is 0 Å². The maximum atomic E-state index is 13.0. The summed E-state index contributed by atoms with van der Waals surface area (Å²) >= 11 is 3.23. The van der Waals surface area contributed by atoms with Crippen LogP contribution in [-0.4, -0.2) is 12.5 Å². The van der Waals surface area contributed by atoms with Crippen LogP contribution in [0.15, 0.2) is 22.7 Å². The third kappa shape index (κ3) is 5.59. The van der Waals surface area contributed by atoms with E-state index in [2.05, 4.69) is 35.1 Å². The first-order valence-corrected chi connectivity index (χ1v) is 7.68. The molecule has 0 saturated heterocycles. The van der Waals surface area contributed by atoms with Crippen molar-refractivity contribution >= 4 is 27.5 Å². The minimum atomic E-state index is -0.335. The van der Waals surface area contributed by atoms with Gasteiger partial charge in [-0.1, -0.05) is 13.8 Å². The molecule has 1 unspecified atom stereocenters. The Morgan fingerprint density at radius 3 is 2.65 bits per heavy atom. The highest BCUT2D eigenvalue weighted by Gasteiger charge is 2.15. The normalized spacial score (nSPS) is 12.5. The van der Waals surface area contributed by atoms with Gasteiger partial charge in [0.15, 0.2) is 0 Å². The molecular formula is C15H22BrFN2O. The number of carbonyl (C=O) groups excluding carboxylic acids is 1. The molecule has 1 amide bonds. The Labute approximate surface area is 128 Å². The first kappa shape index (κ1) is 17.1. The zero-order chi connectivity index (χ0) is 15.1. The molecule has 1 rings (SSSR count). The number of hydrogen-bond acceptors (Lipinski definition) is 2. The monoisotopic (exact) mass is 344 g/mol. The molecule has 20 heavy (non-hydrogen) atoms. The molecule has 112 valence electrons. The lowest BCUT2D eigenvalue weighted by Gasteiger charge is -2.19. The Kier molecular flexibility index (Phi) is 7.16. The van der Waals surface area contributed by atoms with E-state index in [4.69, 9.17) is 5.73 Å². The molecule has 0 spiro atoms. The lowest BCUT2D eigenvalue weighted by molar-refractivity contribution is -0.116. The van der Waals surface area contributed by atoms with E-state index in [0.717, 1.165) is 12.8 Å². The van der Waals surface area contributed by atoms with E-state index in [1.54, 1.807) is 6.07 Å². The summed E-state index contributed by atoms with van der Waals surface area (Å²) in [5, 5.41) is 2.79. The second-order valence-electron chi connectivity index (χ2n) is 5.29. The highest BCUT2D eigenvalue weighted by molar-refractivity contribution is 9.10. The molecule has 0 heterocycles. The molecule has 3 N–H and O–H groups in total. The molecule has 0 aromatic heterocycles. The van der Waals surface area contributed by atoms with Crippen molar-refractivity contribution in [3.8, 4) is 0 Å². The molecule has 0 aliphatic carbocycles. The predicted molar refractivity (Wildman–Crippen MR) is 84.0 cm³/mol. The fourth-order valence-electron chi connectivity index (χ4n) is 2.15. The first-order valence-electron chi connectivity index (χ1n) is 6.89. The number of hydrogen-bond donors (Lipinski definition) is 2. The van der Waals surface area contributed by atoms with Crippen LogP contribution in [0.4, 0.5) is 10.1 Å². The van der Waals surface area contributed by atoms with E-state index >= 15 is 0 Å². The minimum absolute atomic E-state index is 0.0556. The molecule has 0 fully saturated rings. The molecule has 3 nitrogen and oxygen atoms in total. The summed E-state index contributed by atoms with van der Waals surface area (Å²) in [6.07, 6.45) is 2.21. The van der Waals surface area contributed by atoms with E-state index in [-0.39, 0.29) is 11.7 Å². The Bertz CT molecular complexity index is 451. The zero-order valence-corrected chi connectivity index (χ0v) is 13.5. The predicted octanol–water partition coefficient (Wildman–Crippen LogP) is 3.93. The van der Waals surface area contributed by atoms with Crippen molar-refractivity contribution in [3.05, 3.63) is 28.5 Å². The van der Waals surface area contributed by atoms with Crippen molar-refractivity contribution in [1.29, 1.82) is 0 Å². The smallest absolute Gasteiger partial charge is 0.224 e. The van der Waals surface area contributed by atoms with Gasteiger partial charge in [0, 0.05) is 10.9 Å². The number of benzene rings is 1. The van der Waals surface area contributed by atoms with Gasteiger partial charge in [-0.15, -0.1) is 0 Å². The van der Waals surface area contributed by atoms with Crippen LogP contribution in [0.2, 0.25) is 0 Å². The van der Waals surface area contributed by atoms with Crippen LogP contribution in [0.5, 0.6) is 0 Å². The van der Waals surface area contributed by atoms with Gasteiger partial charge in [0.2, 0.25) is 5.91 Å². The summed E-state index contributed by atoms with van der Waals surface area (Å²) in [6.45, 7) is 4.94. The second kappa shape index (κ2) is 8.37. The highest BCUT2D eigenvalue weighted by atomic mass is 79.9. The number of anilines is 1. The van der Waals surface area contributed by atoms with Crippen molar-refractivity contribution in [2.45, 2.75) is 33.1 Å². The summed E-state index contributed by atoms with van der Waals surface area (Å²) in [6, 6.07) is 4.21. The Morgan fingerprint density at radius 2 is 2.10 bits per heavy atom. The molecule has 5 heteroatoms. The third-order valence-corrected chi connectivity index (χ3v) is 4.08. The summed E-state index contributed by atoms with van der Waals surface area (Å²) < 4.78 is 13.5. The number of nitrogens with one attached hydrogen (secondary N) is 1. The average molecular weight is 345 g/mol. The van der Waals surface area contributed by atoms with Crippen molar-refractivity contribution in [3.63, 3.8) is 0 Å². The molecule has 0 aliphatic heterocycles. The summed E-state index contributed by atoms with van der Waals surface area (Å²) in [5.74, 6) is 0.587. The summed E-state index contributed by atoms with van der Waals surface area (Å²) in [4.78, 5) is 11.9. The van der Waals surface area contributed by atoms with Gasteiger partial charge >= 0.3 is 0 Å². The first-order chi connectivity index (χ1) is 9.43. The molecular weight excluding hydrogens is 323 g/mol. The molecule has 0 saturated carbocycles. The van der Waals surface area contributed by atoms with Crippen LogP contribution in [-0.2, 0) is 4.79 Å². The van der Waals surface area contributed by atoms with E-state index in [0.29, 0.717) is 35.0 Å². The number of amides is 1. The third-order valence-electron chi connectivity index (χ3n) is 3.43. The van der Waals surface area contributed by atoms with Crippen LogP contribution in [0, 0.1) is 17.7 Å². The SMILES string of the molecule is CC(C)C(CCN)CCC(=O)Nc1ccc(F)cc1Br. The minimum Gasteiger partial charge on any atom is -0.330 e. The fourth-order valence-corrected chi connectivity index (χ4v) is 2.60. The molecule has 1 atom stereocenters.